The Balaban J connectivity index is 0.00000242. The van der Waals surface area contributed by atoms with Crippen LogP contribution in [0.2, 0.25) is 0 Å². The molecule has 0 bridgehead atoms. The molecule has 0 amide bonds. The Kier molecular flexibility index (Phi) is 7.62. The first-order valence-corrected chi connectivity index (χ1v) is 7.23. The molecule has 1 aliphatic heterocycles. The van der Waals surface area contributed by atoms with Crippen LogP contribution in [0.25, 0.3) is 0 Å². The van der Waals surface area contributed by atoms with E-state index in [1.54, 1.807) is 7.05 Å². The Hall–Kier alpha value is -1.33. The molecule has 1 atom stereocenters. The summed E-state index contributed by atoms with van der Waals surface area (Å²) in [5.41, 5.74) is 1.69. The average molecular weight is 414 g/mol. The van der Waals surface area contributed by atoms with Crippen molar-refractivity contribution in [2.75, 3.05) is 20.2 Å². The number of benzene rings is 1. The van der Waals surface area contributed by atoms with Gasteiger partial charge in [-0.3, -0.25) is 4.99 Å². The second-order valence-corrected chi connectivity index (χ2v) is 5.49. The molecule has 2 rings (SSSR count). The molecule has 0 saturated carbocycles. The van der Waals surface area contributed by atoms with Crippen LogP contribution in [-0.4, -0.2) is 31.8 Å². The first-order chi connectivity index (χ1) is 10.1. The standard InChI is InChI=1S/C16H22N4O.HI/c1-16(8-3-9-21-16)12-20-15(18-2)19-11-14-6-4-13(10-17)5-7-14;/h4-7H,3,8-9,11-12H2,1-2H3,(H2,18,19,20);1H. The lowest BCUT2D eigenvalue weighted by Crippen LogP contribution is -2.45. The van der Waals surface area contributed by atoms with Crippen LogP contribution < -0.4 is 10.6 Å². The molecule has 1 aromatic carbocycles. The Labute approximate surface area is 149 Å². The summed E-state index contributed by atoms with van der Waals surface area (Å²) < 4.78 is 5.75. The minimum Gasteiger partial charge on any atom is -0.373 e. The predicted molar refractivity (Wildman–Crippen MR) is 98.4 cm³/mol. The highest BCUT2D eigenvalue weighted by Crippen LogP contribution is 2.23. The van der Waals surface area contributed by atoms with E-state index in [-0.39, 0.29) is 29.6 Å². The highest BCUT2D eigenvalue weighted by atomic mass is 127. The molecule has 1 unspecified atom stereocenters. The smallest absolute Gasteiger partial charge is 0.191 e. The fourth-order valence-corrected chi connectivity index (χ4v) is 2.35. The van der Waals surface area contributed by atoms with Gasteiger partial charge in [-0.15, -0.1) is 24.0 Å². The zero-order valence-electron chi connectivity index (χ0n) is 13.1. The van der Waals surface area contributed by atoms with E-state index in [2.05, 4.69) is 28.6 Å². The summed E-state index contributed by atoms with van der Waals surface area (Å²) in [5, 5.41) is 15.3. The van der Waals surface area contributed by atoms with E-state index in [1.165, 1.54) is 0 Å². The number of aliphatic imine (C=N–C) groups is 1. The van der Waals surface area contributed by atoms with Gasteiger partial charge in [0.2, 0.25) is 0 Å². The summed E-state index contributed by atoms with van der Waals surface area (Å²) in [6, 6.07) is 9.64. The molecule has 1 fully saturated rings. The van der Waals surface area contributed by atoms with Gasteiger partial charge in [-0.1, -0.05) is 12.1 Å². The summed E-state index contributed by atoms with van der Waals surface area (Å²) in [6.07, 6.45) is 2.20. The van der Waals surface area contributed by atoms with E-state index in [0.29, 0.717) is 12.1 Å². The van der Waals surface area contributed by atoms with Crippen LogP contribution in [0.5, 0.6) is 0 Å². The van der Waals surface area contributed by atoms with Crippen molar-refractivity contribution >= 4 is 29.9 Å². The SMILES string of the molecule is CN=C(NCc1ccc(C#N)cc1)NCC1(C)CCCO1.I. The van der Waals surface area contributed by atoms with Gasteiger partial charge in [-0.05, 0) is 37.5 Å². The molecule has 0 radical (unpaired) electrons. The molecule has 0 aliphatic carbocycles. The van der Waals surface area contributed by atoms with Crippen molar-refractivity contribution < 1.29 is 4.74 Å². The van der Waals surface area contributed by atoms with Gasteiger partial charge < -0.3 is 15.4 Å². The molecule has 1 aromatic rings. The van der Waals surface area contributed by atoms with E-state index in [4.69, 9.17) is 10.00 Å². The third kappa shape index (κ3) is 5.46. The van der Waals surface area contributed by atoms with E-state index < -0.39 is 0 Å². The number of hydrogen-bond donors (Lipinski definition) is 2. The van der Waals surface area contributed by atoms with Crippen molar-refractivity contribution in [2.24, 2.45) is 4.99 Å². The minimum absolute atomic E-state index is 0. The fraction of sp³-hybridized carbons (Fsp3) is 0.500. The molecule has 22 heavy (non-hydrogen) atoms. The third-order valence-electron chi connectivity index (χ3n) is 3.70. The summed E-state index contributed by atoms with van der Waals surface area (Å²) in [6.45, 7) is 4.39. The number of ether oxygens (including phenoxy) is 1. The number of hydrogen-bond acceptors (Lipinski definition) is 3. The summed E-state index contributed by atoms with van der Waals surface area (Å²) in [7, 11) is 1.76. The van der Waals surface area contributed by atoms with E-state index in [9.17, 15) is 0 Å². The number of nitrogens with one attached hydrogen (secondary N) is 2. The monoisotopic (exact) mass is 414 g/mol. The second kappa shape index (κ2) is 8.96. The van der Waals surface area contributed by atoms with Crippen LogP contribution in [-0.2, 0) is 11.3 Å². The van der Waals surface area contributed by atoms with E-state index >= 15 is 0 Å². The van der Waals surface area contributed by atoms with Crippen LogP contribution in [0.3, 0.4) is 0 Å². The maximum absolute atomic E-state index is 8.78. The van der Waals surface area contributed by atoms with Gasteiger partial charge in [0.1, 0.15) is 0 Å². The summed E-state index contributed by atoms with van der Waals surface area (Å²) >= 11 is 0. The molecule has 120 valence electrons. The molecule has 0 spiro atoms. The van der Waals surface area contributed by atoms with Crippen LogP contribution in [0, 0.1) is 11.3 Å². The summed E-state index contributed by atoms with van der Waals surface area (Å²) in [5.74, 6) is 0.760. The Morgan fingerprint density at radius 3 is 2.64 bits per heavy atom. The average Bonchev–Trinajstić information content (AvgIpc) is 2.95. The zero-order valence-corrected chi connectivity index (χ0v) is 15.4. The molecule has 0 aromatic heterocycles. The molecule has 1 heterocycles. The van der Waals surface area contributed by atoms with Crippen LogP contribution in [0.15, 0.2) is 29.3 Å². The summed E-state index contributed by atoms with van der Waals surface area (Å²) in [4.78, 5) is 4.22. The maximum Gasteiger partial charge on any atom is 0.191 e. The van der Waals surface area contributed by atoms with Gasteiger partial charge in [0.25, 0.3) is 0 Å². The van der Waals surface area contributed by atoms with Gasteiger partial charge in [0, 0.05) is 26.7 Å². The lowest BCUT2D eigenvalue weighted by Gasteiger charge is -2.24. The molecular formula is C16H23IN4O. The van der Waals surface area contributed by atoms with Crippen molar-refractivity contribution in [1.29, 1.82) is 5.26 Å². The number of nitrogens with zero attached hydrogens (tertiary/aromatic N) is 2. The molecule has 1 aliphatic rings. The minimum atomic E-state index is -0.0912. The lowest BCUT2D eigenvalue weighted by atomic mass is 10.0. The number of guanidine groups is 1. The van der Waals surface area contributed by atoms with Gasteiger partial charge in [-0.25, -0.2) is 0 Å². The van der Waals surface area contributed by atoms with Crippen molar-refractivity contribution in [2.45, 2.75) is 31.9 Å². The van der Waals surface area contributed by atoms with E-state index in [1.807, 2.05) is 24.3 Å². The van der Waals surface area contributed by atoms with Gasteiger partial charge in [0.05, 0.1) is 17.2 Å². The topological polar surface area (TPSA) is 69.4 Å². The lowest BCUT2D eigenvalue weighted by molar-refractivity contribution is 0.0243. The Bertz CT molecular complexity index is 530. The second-order valence-electron chi connectivity index (χ2n) is 5.49. The van der Waals surface area contributed by atoms with E-state index in [0.717, 1.165) is 37.5 Å². The van der Waals surface area contributed by atoms with Crippen molar-refractivity contribution in [3.63, 3.8) is 0 Å². The number of rotatable bonds is 4. The first kappa shape index (κ1) is 18.7. The maximum atomic E-state index is 8.78. The first-order valence-electron chi connectivity index (χ1n) is 7.23. The largest absolute Gasteiger partial charge is 0.373 e. The Morgan fingerprint density at radius 2 is 2.09 bits per heavy atom. The van der Waals surface area contributed by atoms with Crippen LogP contribution >= 0.6 is 24.0 Å². The van der Waals surface area contributed by atoms with Crippen molar-refractivity contribution in [3.8, 4) is 6.07 Å². The van der Waals surface area contributed by atoms with Crippen LogP contribution in [0.4, 0.5) is 0 Å². The molecular weight excluding hydrogens is 391 g/mol. The van der Waals surface area contributed by atoms with Gasteiger partial charge in [0.15, 0.2) is 5.96 Å². The predicted octanol–water partition coefficient (Wildman–Crippen LogP) is 2.41. The zero-order chi connectivity index (χ0) is 15.1. The number of halogens is 1. The molecule has 1 saturated heterocycles. The highest BCUT2D eigenvalue weighted by Gasteiger charge is 2.29. The Morgan fingerprint density at radius 1 is 1.36 bits per heavy atom. The van der Waals surface area contributed by atoms with Crippen molar-refractivity contribution in [3.05, 3.63) is 35.4 Å². The van der Waals surface area contributed by atoms with Crippen molar-refractivity contribution in [1.82, 2.24) is 10.6 Å². The fourth-order valence-electron chi connectivity index (χ4n) is 2.35. The highest BCUT2D eigenvalue weighted by molar-refractivity contribution is 14.0. The molecule has 5 nitrogen and oxygen atoms in total. The normalized spacial score (nSPS) is 20.9. The molecule has 2 N–H and O–H groups in total. The third-order valence-corrected chi connectivity index (χ3v) is 3.70. The quantitative estimate of drug-likeness (QED) is 0.451. The van der Waals surface area contributed by atoms with Gasteiger partial charge >= 0.3 is 0 Å². The van der Waals surface area contributed by atoms with Gasteiger partial charge in [-0.2, -0.15) is 5.26 Å². The molecule has 6 heteroatoms. The van der Waals surface area contributed by atoms with Crippen LogP contribution in [0.1, 0.15) is 30.9 Å². The number of nitriles is 1.